The number of ketones is 1. The fourth-order valence-corrected chi connectivity index (χ4v) is 2.49. The predicted octanol–water partition coefficient (Wildman–Crippen LogP) is 1.36. The fraction of sp³-hybridized carbons (Fsp3) is 0.429. The summed E-state index contributed by atoms with van der Waals surface area (Å²) in [4.78, 5) is 23.3. The lowest BCUT2D eigenvalue weighted by Crippen LogP contribution is -2.48. The summed E-state index contributed by atoms with van der Waals surface area (Å²) in [6.45, 7) is 2.71. The van der Waals surface area contributed by atoms with Crippen molar-refractivity contribution in [2.45, 2.75) is 0 Å². The highest BCUT2D eigenvalue weighted by Crippen LogP contribution is 2.07. The van der Waals surface area contributed by atoms with Gasteiger partial charge in [-0.2, -0.15) is 0 Å². The van der Waals surface area contributed by atoms with Crippen LogP contribution >= 0.6 is 24.2 Å². The van der Waals surface area contributed by atoms with Crippen LogP contribution in [0.1, 0.15) is 10.4 Å². The van der Waals surface area contributed by atoms with E-state index in [0.717, 1.165) is 19.6 Å². The summed E-state index contributed by atoms with van der Waals surface area (Å²) in [5, 5.41) is 6.05. The quantitative estimate of drug-likeness (QED) is 0.746. The van der Waals surface area contributed by atoms with Gasteiger partial charge < -0.3 is 10.6 Å². The van der Waals surface area contributed by atoms with Crippen molar-refractivity contribution < 1.29 is 9.59 Å². The van der Waals surface area contributed by atoms with Crippen molar-refractivity contribution in [2.75, 3.05) is 31.1 Å². The Morgan fingerprint density at radius 3 is 2.50 bits per heavy atom. The van der Waals surface area contributed by atoms with E-state index in [1.165, 1.54) is 11.8 Å². The summed E-state index contributed by atoms with van der Waals surface area (Å²) in [5.74, 6) is 1.35. The average molecular weight is 315 g/mol. The smallest absolute Gasteiger partial charge is 0.230 e. The maximum absolute atomic E-state index is 11.8. The number of carbonyl (C=O) groups excluding carboxylic acids is 2. The maximum atomic E-state index is 11.8. The molecule has 1 aliphatic rings. The van der Waals surface area contributed by atoms with Gasteiger partial charge >= 0.3 is 0 Å². The Labute approximate surface area is 129 Å². The number of halogens is 1. The molecule has 0 unspecified atom stereocenters. The summed E-state index contributed by atoms with van der Waals surface area (Å²) < 4.78 is 0. The lowest BCUT2D eigenvalue weighted by Gasteiger charge is -2.27. The van der Waals surface area contributed by atoms with Crippen LogP contribution in [0.15, 0.2) is 30.3 Å². The van der Waals surface area contributed by atoms with Crippen molar-refractivity contribution in [1.82, 2.24) is 10.6 Å². The van der Waals surface area contributed by atoms with E-state index in [1.807, 2.05) is 18.2 Å². The first kappa shape index (κ1) is 17.0. The molecule has 1 saturated heterocycles. The van der Waals surface area contributed by atoms with E-state index in [1.54, 1.807) is 12.1 Å². The van der Waals surface area contributed by atoms with Crippen LogP contribution in [0, 0.1) is 5.92 Å². The van der Waals surface area contributed by atoms with Gasteiger partial charge in [0.25, 0.3) is 0 Å². The monoisotopic (exact) mass is 314 g/mol. The Morgan fingerprint density at radius 2 is 1.90 bits per heavy atom. The number of hydrogen-bond acceptors (Lipinski definition) is 4. The van der Waals surface area contributed by atoms with Gasteiger partial charge in [-0.15, -0.1) is 24.2 Å². The molecule has 4 nitrogen and oxygen atoms in total. The molecule has 0 spiro atoms. The van der Waals surface area contributed by atoms with Crippen molar-refractivity contribution in [3.63, 3.8) is 0 Å². The molecule has 6 heteroatoms. The Bertz CT molecular complexity index is 438. The highest BCUT2D eigenvalue weighted by atomic mass is 35.5. The van der Waals surface area contributed by atoms with Crippen LogP contribution in [0.3, 0.4) is 0 Å². The lowest BCUT2D eigenvalue weighted by molar-refractivity contribution is -0.118. The van der Waals surface area contributed by atoms with Crippen LogP contribution in [-0.2, 0) is 4.79 Å². The van der Waals surface area contributed by atoms with Gasteiger partial charge in [0.05, 0.1) is 11.5 Å². The summed E-state index contributed by atoms with van der Waals surface area (Å²) in [6, 6.07) is 9.17. The predicted molar refractivity (Wildman–Crippen MR) is 84.7 cm³/mol. The van der Waals surface area contributed by atoms with E-state index >= 15 is 0 Å². The van der Waals surface area contributed by atoms with Gasteiger partial charge in [-0.25, -0.2) is 0 Å². The second kappa shape index (κ2) is 9.00. The zero-order valence-electron chi connectivity index (χ0n) is 11.1. The van der Waals surface area contributed by atoms with Crippen molar-refractivity contribution in [3.8, 4) is 0 Å². The van der Waals surface area contributed by atoms with Crippen molar-refractivity contribution in [2.24, 2.45) is 5.92 Å². The van der Waals surface area contributed by atoms with Gasteiger partial charge in [0.15, 0.2) is 5.78 Å². The second-order valence-electron chi connectivity index (χ2n) is 4.61. The number of thioether (sulfide) groups is 1. The molecule has 2 N–H and O–H groups in total. The first-order valence-corrected chi connectivity index (χ1v) is 7.54. The van der Waals surface area contributed by atoms with Crippen LogP contribution in [0.2, 0.25) is 0 Å². The van der Waals surface area contributed by atoms with Gasteiger partial charge in [-0.05, 0) is 0 Å². The standard InChI is InChI=1S/C14H18N2O2S.ClH/c17-13(12-4-2-1-3-5-12)9-19-10-14(18)16-8-11-6-15-7-11;/h1-5,11,15H,6-10H2,(H,16,18);1H. The first-order chi connectivity index (χ1) is 9.25. The van der Waals surface area contributed by atoms with E-state index in [4.69, 9.17) is 0 Å². The van der Waals surface area contributed by atoms with Crippen LogP contribution < -0.4 is 10.6 Å². The summed E-state index contributed by atoms with van der Waals surface area (Å²) >= 11 is 1.36. The molecule has 110 valence electrons. The molecule has 1 heterocycles. The molecule has 0 atom stereocenters. The molecule has 0 aromatic heterocycles. The van der Waals surface area contributed by atoms with Crippen molar-refractivity contribution in [3.05, 3.63) is 35.9 Å². The number of benzene rings is 1. The molecule has 20 heavy (non-hydrogen) atoms. The third-order valence-electron chi connectivity index (χ3n) is 3.02. The summed E-state index contributed by atoms with van der Waals surface area (Å²) in [5.41, 5.74) is 0.705. The van der Waals surface area contributed by atoms with E-state index in [0.29, 0.717) is 23.0 Å². The Balaban J connectivity index is 0.00000200. The highest BCUT2D eigenvalue weighted by molar-refractivity contribution is 8.00. The number of carbonyl (C=O) groups is 2. The van der Waals surface area contributed by atoms with Crippen molar-refractivity contribution >= 4 is 35.9 Å². The normalized spacial score (nSPS) is 14.0. The van der Waals surface area contributed by atoms with Crippen LogP contribution in [-0.4, -0.2) is 42.8 Å². The number of nitrogens with one attached hydrogen (secondary N) is 2. The third-order valence-corrected chi connectivity index (χ3v) is 3.95. The molecule has 1 aromatic rings. The van der Waals surface area contributed by atoms with E-state index in [9.17, 15) is 9.59 Å². The molecule has 1 aromatic carbocycles. The number of hydrogen-bond donors (Lipinski definition) is 2. The number of rotatable bonds is 7. The number of amides is 1. The summed E-state index contributed by atoms with van der Waals surface area (Å²) in [6.07, 6.45) is 0. The van der Waals surface area contributed by atoms with E-state index < -0.39 is 0 Å². The average Bonchev–Trinajstić information content (AvgIpc) is 2.38. The Kier molecular flexibility index (Phi) is 7.65. The molecule has 0 aliphatic carbocycles. The minimum atomic E-state index is 0. The first-order valence-electron chi connectivity index (χ1n) is 6.39. The maximum Gasteiger partial charge on any atom is 0.230 e. The fourth-order valence-electron chi connectivity index (χ4n) is 1.75. The molecule has 0 radical (unpaired) electrons. The van der Waals surface area contributed by atoms with Crippen LogP contribution in [0.5, 0.6) is 0 Å². The van der Waals surface area contributed by atoms with E-state index in [2.05, 4.69) is 10.6 Å². The minimum absolute atomic E-state index is 0. The second-order valence-corrected chi connectivity index (χ2v) is 5.60. The molecular weight excluding hydrogens is 296 g/mol. The van der Waals surface area contributed by atoms with Crippen LogP contribution in [0.4, 0.5) is 0 Å². The van der Waals surface area contributed by atoms with Gasteiger partial charge in [0, 0.05) is 31.1 Å². The third kappa shape index (κ3) is 5.53. The zero-order chi connectivity index (χ0) is 13.5. The molecule has 0 saturated carbocycles. The minimum Gasteiger partial charge on any atom is -0.355 e. The van der Waals surface area contributed by atoms with Crippen molar-refractivity contribution in [1.29, 1.82) is 0 Å². The zero-order valence-corrected chi connectivity index (χ0v) is 12.8. The SMILES string of the molecule is Cl.O=C(CSCC(=O)c1ccccc1)NCC1CNC1. The molecule has 1 amide bonds. The molecule has 0 bridgehead atoms. The highest BCUT2D eigenvalue weighted by Gasteiger charge is 2.17. The molecular formula is C14H19ClN2O2S. The van der Waals surface area contributed by atoms with Gasteiger partial charge in [0.2, 0.25) is 5.91 Å². The largest absolute Gasteiger partial charge is 0.355 e. The lowest BCUT2D eigenvalue weighted by atomic mass is 10.0. The van der Waals surface area contributed by atoms with Gasteiger partial charge in [-0.1, -0.05) is 30.3 Å². The van der Waals surface area contributed by atoms with Gasteiger partial charge in [-0.3, -0.25) is 9.59 Å². The molecule has 2 rings (SSSR count). The Morgan fingerprint density at radius 1 is 1.20 bits per heavy atom. The summed E-state index contributed by atoms with van der Waals surface area (Å²) in [7, 11) is 0. The Hall–Kier alpha value is -1.04. The molecule has 1 fully saturated rings. The number of Topliss-reactive ketones (excluding diaryl/α,β-unsaturated/α-hetero) is 1. The van der Waals surface area contributed by atoms with Gasteiger partial charge in [0.1, 0.15) is 0 Å². The van der Waals surface area contributed by atoms with Crippen LogP contribution in [0.25, 0.3) is 0 Å². The molecule has 1 aliphatic heterocycles. The van der Waals surface area contributed by atoms with E-state index in [-0.39, 0.29) is 24.1 Å². The topological polar surface area (TPSA) is 58.2 Å².